The van der Waals surface area contributed by atoms with Gasteiger partial charge in [-0.2, -0.15) is 0 Å². The van der Waals surface area contributed by atoms with Crippen LogP contribution in [0.4, 0.5) is 0 Å². The molecule has 0 radical (unpaired) electrons. The second-order valence-electron chi connectivity index (χ2n) is 5.03. The van der Waals surface area contributed by atoms with Crippen LogP contribution in [-0.4, -0.2) is 26.8 Å². The number of carbonyl (C=O) groups is 2. The maximum atomic E-state index is 12.8. The second-order valence-corrected chi connectivity index (χ2v) is 5.03. The van der Waals surface area contributed by atoms with Gasteiger partial charge in [0.05, 0.1) is 11.3 Å². The molecule has 0 unspecified atom stereocenters. The van der Waals surface area contributed by atoms with E-state index in [4.69, 9.17) is 0 Å². The summed E-state index contributed by atoms with van der Waals surface area (Å²) >= 11 is 0. The number of carbonyl (C=O) groups excluding carboxylic acids is 1. The van der Waals surface area contributed by atoms with Crippen LogP contribution in [0, 0.1) is 0 Å². The predicted molar refractivity (Wildman–Crippen MR) is 75.5 cm³/mol. The standard InChI is InChI=1S/C16H14N2O3/c19-15(14-11(16(20)21)5-3-8-18-14)13-10-4-1-2-6-12(13)17-9-7-10/h3,5,7-9H,1-2,4,6H2,(H,20,21). The number of pyridine rings is 2. The van der Waals surface area contributed by atoms with Crippen molar-refractivity contribution < 1.29 is 14.7 Å². The van der Waals surface area contributed by atoms with Gasteiger partial charge in [0.2, 0.25) is 5.78 Å². The van der Waals surface area contributed by atoms with E-state index in [1.54, 1.807) is 6.20 Å². The number of aryl methyl sites for hydroxylation is 2. The Balaban J connectivity index is 2.15. The van der Waals surface area contributed by atoms with Crippen molar-refractivity contribution in [3.8, 4) is 0 Å². The molecule has 0 saturated heterocycles. The minimum Gasteiger partial charge on any atom is -0.478 e. The molecule has 5 heteroatoms. The highest BCUT2D eigenvalue weighted by Gasteiger charge is 2.25. The van der Waals surface area contributed by atoms with E-state index in [2.05, 4.69) is 9.97 Å². The van der Waals surface area contributed by atoms with Crippen molar-refractivity contribution >= 4 is 11.8 Å². The molecule has 0 aromatic carbocycles. The number of ketones is 1. The molecule has 5 nitrogen and oxygen atoms in total. The first-order valence-corrected chi connectivity index (χ1v) is 6.88. The van der Waals surface area contributed by atoms with Gasteiger partial charge < -0.3 is 5.11 Å². The van der Waals surface area contributed by atoms with Gasteiger partial charge in [0.1, 0.15) is 5.69 Å². The molecule has 0 fully saturated rings. The Morgan fingerprint density at radius 2 is 1.86 bits per heavy atom. The molecular weight excluding hydrogens is 268 g/mol. The number of rotatable bonds is 3. The molecule has 1 aliphatic rings. The van der Waals surface area contributed by atoms with Crippen LogP contribution < -0.4 is 0 Å². The Morgan fingerprint density at radius 1 is 1.05 bits per heavy atom. The van der Waals surface area contributed by atoms with Gasteiger partial charge in [-0.15, -0.1) is 0 Å². The Hall–Kier alpha value is -2.56. The Kier molecular flexibility index (Phi) is 3.48. The molecule has 2 heterocycles. The largest absolute Gasteiger partial charge is 0.478 e. The Labute approximate surface area is 121 Å². The van der Waals surface area contributed by atoms with Crippen molar-refractivity contribution in [2.45, 2.75) is 25.7 Å². The lowest BCUT2D eigenvalue weighted by atomic mass is 9.96. The number of carboxylic acids is 1. The van der Waals surface area contributed by atoms with E-state index < -0.39 is 5.97 Å². The van der Waals surface area contributed by atoms with Crippen molar-refractivity contribution in [2.24, 2.45) is 0 Å². The first-order valence-electron chi connectivity index (χ1n) is 6.88. The minimum absolute atomic E-state index is 0.0117. The van der Waals surface area contributed by atoms with Crippen molar-refractivity contribution in [1.29, 1.82) is 0 Å². The number of nitrogens with zero attached hydrogens (tertiary/aromatic N) is 2. The Morgan fingerprint density at radius 3 is 2.67 bits per heavy atom. The molecule has 1 aliphatic carbocycles. The van der Waals surface area contributed by atoms with E-state index in [0.29, 0.717) is 5.56 Å². The van der Waals surface area contributed by atoms with Crippen LogP contribution >= 0.6 is 0 Å². The molecule has 0 aliphatic heterocycles. The van der Waals surface area contributed by atoms with Gasteiger partial charge in [0.15, 0.2) is 0 Å². The smallest absolute Gasteiger partial charge is 0.338 e. The van der Waals surface area contributed by atoms with Gasteiger partial charge in [-0.1, -0.05) is 0 Å². The normalized spacial score (nSPS) is 13.5. The lowest BCUT2D eigenvalue weighted by Gasteiger charge is -2.10. The molecule has 0 amide bonds. The maximum Gasteiger partial charge on any atom is 0.338 e. The van der Waals surface area contributed by atoms with Gasteiger partial charge in [0, 0.05) is 18.0 Å². The summed E-state index contributed by atoms with van der Waals surface area (Å²) < 4.78 is 0. The number of carboxylic acid groups (broad SMARTS) is 1. The summed E-state index contributed by atoms with van der Waals surface area (Å²) in [7, 11) is 0. The zero-order chi connectivity index (χ0) is 14.8. The summed E-state index contributed by atoms with van der Waals surface area (Å²) in [5.41, 5.74) is 2.14. The van der Waals surface area contributed by atoms with Crippen LogP contribution in [0.3, 0.4) is 0 Å². The number of hydrogen-bond acceptors (Lipinski definition) is 4. The quantitative estimate of drug-likeness (QED) is 0.874. The molecular formula is C16H14N2O3. The van der Waals surface area contributed by atoms with Gasteiger partial charge >= 0.3 is 5.97 Å². The van der Waals surface area contributed by atoms with Crippen LogP contribution in [-0.2, 0) is 12.8 Å². The summed E-state index contributed by atoms with van der Waals surface area (Å²) in [4.78, 5) is 32.3. The number of fused-ring (bicyclic) bond motifs is 2. The summed E-state index contributed by atoms with van der Waals surface area (Å²) in [6.07, 6.45) is 6.69. The van der Waals surface area contributed by atoms with E-state index in [9.17, 15) is 14.7 Å². The van der Waals surface area contributed by atoms with Crippen molar-refractivity contribution in [1.82, 2.24) is 9.97 Å². The van der Waals surface area contributed by atoms with E-state index in [-0.39, 0.29) is 17.0 Å². The lowest BCUT2D eigenvalue weighted by Crippen LogP contribution is -2.15. The molecule has 2 aromatic rings. The van der Waals surface area contributed by atoms with Crippen LogP contribution in [0.15, 0.2) is 30.6 Å². The first-order chi connectivity index (χ1) is 10.2. The van der Waals surface area contributed by atoms with Crippen LogP contribution in [0.5, 0.6) is 0 Å². The SMILES string of the molecule is O=C(O)c1cccnc1C(=O)c1c2ccnc1CCCC2. The van der Waals surface area contributed by atoms with Crippen molar-refractivity contribution in [3.63, 3.8) is 0 Å². The third-order valence-electron chi connectivity index (χ3n) is 3.71. The summed E-state index contributed by atoms with van der Waals surface area (Å²) in [6.45, 7) is 0. The van der Waals surface area contributed by atoms with Crippen molar-refractivity contribution in [2.75, 3.05) is 0 Å². The third kappa shape index (κ3) is 2.42. The van der Waals surface area contributed by atoms with Crippen molar-refractivity contribution in [3.05, 3.63) is 58.7 Å². The van der Waals surface area contributed by atoms with Gasteiger partial charge in [-0.3, -0.25) is 14.8 Å². The molecule has 3 rings (SSSR count). The van der Waals surface area contributed by atoms with Gasteiger partial charge in [-0.05, 0) is 49.4 Å². The highest BCUT2D eigenvalue weighted by atomic mass is 16.4. The lowest BCUT2D eigenvalue weighted by molar-refractivity contribution is 0.0692. The van der Waals surface area contributed by atoms with Gasteiger partial charge in [0.25, 0.3) is 0 Å². The number of hydrogen-bond donors (Lipinski definition) is 1. The molecule has 2 aromatic heterocycles. The molecule has 0 atom stereocenters. The molecule has 106 valence electrons. The second kappa shape index (κ2) is 5.44. The number of aromatic nitrogens is 2. The average molecular weight is 282 g/mol. The van der Waals surface area contributed by atoms with Crippen LogP contribution in [0.25, 0.3) is 0 Å². The molecule has 0 spiro atoms. The highest BCUT2D eigenvalue weighted by Crippen LogP contribution is 2.24. The summed E-state index contributed by atoms with van der Waals surface area (Å²) in [5, 5.41) is 9.22. The maximum absolute atomic E-state index is 12.8. The minimum atomic E-state index is -1.15. The topological polar surface area (TPSA) is 80.1 Å². The van der Waals surface area contributed by atoms with Crippen LogP contribution in [0.1, 0.15) is 50.5 Å². The fraction of sp³-hybridized carbons (Fsp3) is 0.250. The predicted octanol–water partition coefficient (Wildman–Crippen LogP) is 2.28. The fourth-order valence-corrected chi connectivity index (χ4v) is 2.71. The molecule has 0 saturated carbocycles. The van der Waals surface area contributed by atoms with E-state index in [0.717, 1.165) is 36.9 Å². The van der Waals surface area contributed by atoms with E-state index >= 15 is 0 Å². The monoisotopic (exact) mass is 282 g/mol. The zero-order valence-corrected chi connectivity index (χ0v) is 11.4. The fourth-order valence-electron chi connectivity index (χ4n) is 2.71. The summed E-state index contributed by atoms with van der Waals surface area (Å²) in [6, 6.07) is 4.76. The molecule has 21 heavy (non-hydrogen) atoms. The third-order valence-corrected chi connectivity index (χ3v) is 3.71. The zero-order valence-electron chi connectivity index (χ0n) is 11.4. The first kappa shape index (κ1) is 13.4. The average Bonchev–Trinajstić information content (AvgIpc) is 2.61. The van der Waals surface area contributed by atoms with E-state index in [1.165, 1.54) is 18.3 Å². The number of aromatic carboxylic acids is 1. The Bertz CT molecular complexity index is 701. The van der Waals surface area contributed by atoms with Crippen LogP contribution in [0.2, 0.25) is 0 Å². The highest BCUT2D eigenvalue weighted by molar-refractivity contribution is 6.14. The molecule has 2 bridgehead atoms. The summed E-state index contributed by atoms with van der Waals surface area (Å²) in [5.74, 6) is -1.48. The molecule has 1 N–H and O–H groups in total. The van der Waals surface area contributed by atoms with Gasteiger partial charge in [-0.25, -0.2) is 4.79 Å². The van der Waals surface area contributed by atoms with E-state index in [1.807, 2.05) is 6.07 Å².